The Labute approximate surface area is 277 Å². The maximum atomic E-state index is 10.4. The highest BCUT2D eigenvalue weighted by Gasteiger charge is 2.20. The molecule has 0 unspecified atom stereocenters. The van der Waals surface area contributed by atoms with Gasteiger partial charge >= 0.3 is 0 Å². The maximum absolute atomic E-state index is 10.4. The fourth-order valence-corrected chi connectivity index (χ4v) is 7.34. The number of nitrogens with zero attached hydrogens (tertiary/aromatic N) is 4. The van der Waals surface area contributed by atoms with Crippen molar-refractivity contribution < 1.29 is 0 Å². The van der Waals surface area contributed by atoms with Crippen LogP contribution >= 0.6 is 0 Å². The second-order valence-corrected chi connectivity index (χ2v) is 12.0. The first-order valence-electron chi connectivity index (χ1n) is 15.9. The fourth-order valence-electron chi connectivity index (χ4n) is 7.34. The number of hydrogen-bond donors (Lipinski definition) is 0. The molecule has 2 aromatic heterocycles. The first-order valence-corrected chi connectivity index (χ1v) is 15.9. The molecule has 7 aromatic carbocycles. The minimum Gasteiger partial charge on any atom is -0.318 e. The normalized spacial score (nSPS) is 11.3. The minimum absolute atomic E-state index is 0.577. The van der Waals surface area contributed by atoms with Gasteiger partial charge in [0.1, 0.15) is 0 Å². The predicted octanol–water partition coefficient (Wildman–Crippen LogP) is 11.6. The number of nitriles is 1. The average molecular weight is 611 g/mol. The Morgan fingerprint density at radius 3 is 1.73 bits per heavy atom. The number of rotatable bonds is 4. The molecule has 0 aliphatic heterocycles. The lowest BCUT2D eigenvalue weighted by Crippen LogP contribution is -2.00. The van der Waals surface area contributed by atoms with E-state index in [-0.39, 0.29) is 0 Å². The van der Waals surface area contributed by atoms with E-state index in [4.69, 9.17) is 6.57 Å². The zero-order chi connectivity index (χ0) is 32.2. The predicted molar refractivity (Wildman–Crippen MR) is 197 cm³/mol. The molecule has 0 radical (unpaired) electrons. The van der Waals surface area contributed by atoms with Gasteiger partial charge in [-0.3, -0.25) is 0 Å². The lowest BCUT2D eigenvalue weighted by Gasteiger charge is -2.17. The van der Waals surface area contributed by atoms with Crippen LogP contribution in [0.2, 0.25) is 0 Å². The van der Waals surface area contributed by atoms with Crippen molar-refractivity contribution in [1.29, 1.82) is 5.26 Å². The molecule has 4 heteroatoms. The van der Waals surface area contributed by atoms with Gasteiger partial charge in [0.25, 0.3) is 0 Å². The number of aromatic nitrogens is 2. The number of hydrogen-bond acceptors (Lipinski definition) is 1. The van der Waals surface area contributed by atoms with E-state index in [0.717, 1.165) is 55.4 Å². The maximum Gasteiger partial charge on any atom is 0.211 e. The smallest absolute Gasteiger partial charge is 0.211 e. The van der Waals surface area contributed by atoms with Crippen molar-refractivity contribution in [2.45, 2.75) is 0 Å². The molecule has 9 aromatic rings. The summed E-state index contributed by atoms with van der Waals surface area (Å²) in [5.74, 6) is 0. The lowest BCUT2D eigenvalue weighted by molar-refractivity contribution is 1.18. The molecule has 0 aliphatic carbocycles. The topological polar surface area (TPSA) is 38.0 Å². The Balaban J connectivity index is 1.25. The quantitative estimate of drug-likeness (QED) is 0.183. The van der Waals surface area contributed by atoms with Crippen LogP contribution in [0, 0.1) is 17.9 Å². The van der Waals surface area contributed by atoms with Gasteiger partial charge in [-0.1, -0.05) is 109 Å². The van der Waals surface area contributed by atoms with Crippen LogP contribution in [0.3, 0.4) is 0 Å². The van der Waals surface area contributed by atoms with Crippen LogP contribution in [0.4, 0.5) is 5.69 Å². The molecule has 2 heterocycles. The van der Waals surface area contributed by atoms with Gasteiger partial charge in [0.15, 0.2) is 0 Å². The van der Waals surface area contributed by atoms with Crippen molar-refractivity contribution in [3.05, 3.63) is 175 Å². The monoisotopic (exact) mass is 610 g/mol. The first-order chi connectivity index (χ1) is 23.7. The third kappa shape index (κ3) is 4.07. The molecule has 0 saturated carbocycles. The van der Waals surface area contributed by atoms with E-state index in [1.165, 1.54) is 21.8 Å². The standard InChI is InChI=1S/C44H26N4/c1-46-38-21-11-20-37-36-19-4-7-24-41(36)48(44(37)38)42-25-10-15-32(28-45)43(42)31-14-8-12-29(26-31)30-13-9-16-33(27-30)47-39-22-5-2-17-34(39)35-18-3-6-23-40(35)47/h2-27H. The summed E-state index contributed by atoms with van der Waals surface area (Å²) in [4.78, 5) is 3.91. The van der Waals surface area contributed by atoms with Gasteiger partial charge in [0.05, 0.1) is 46.0 Å². The Morgan fingerprint density at radius 2 is 1.04 bits per heavy atom. The summed E-state index contributed by atoms with van der Waals surface area (Å²) in [5, 5.41) is 15.0. The van der Waals surface area contributed by atoms with Crippen molar-refractivity contribution in [3.63, 3.8) is 0 Å². The first kappa shape index (κ1) is 27.4. The second-order valence-electron chi connectivity index (χ2n) is 12.0. The number of para-hydroxylation sites is 4. The van der Waals surface area contributed by atoms with Crippen LogP contribution in [-0.4, -0.2) is 9.13 Å². The van der Waals surface area contributed by atoms with Gasteiger partial charge in [0, 0.05) is 27.4 Å². The van der Waals surface area contributed by atoms with Crippen LogP contribution in [0.25, 0.3) is 82.1 Å². The van der Waals surface area contributed by atoms with Crippen LogP contribution < -0.4 is 0 Å². The van der Waals surface area contributed by atoms with E-state index in [1.807, 2.05) is 36.4 Å². The van der Waals surface area contributed by atoms with E-state index < -0.39 is 0 Å². The summed E-state index contributed by atoms with van der Waals surface area (Å²) in [6.45, 7) is 7.99. The molecule has 0 spiro atoms. The highest BCUT2D eigenvalue weighted by atomic mass is 15.0. The van der Waals surface area contributed by atoms with E-state index in [2.05, 4.69) is 141 Å². The summed E-state index contributed by atoms with van der Waals surface area (Å²) >= 11 is 0. The molecule has 9 rings (SSSR count). The Hall–Kier alpha value is -6.88. The minimum atomic E-state index is 0.577. The van der Waals surface area contributed by atoms with Gasteiger partial charge in [-0.15, -0.1) is 0 Å². The van der Waals surface area contributed by atoms with Gasteiger partial charge < -0.3 is 9.13 Å². The summed E-state index contributed by atoms with van der Waals surface area (Å²) in [5.41, 5.74) is 11.2. The largest absolute Gasteiger partial charge is 0.318 e. The molecule has 4 nitrogen and oxygen atoms in total. The summed E-state index contributed by atoms with van der Waals surface area (Å²) < 4.78 is 4.49. The van der Waals surface area contributed by atoms with E-state index in [1.54, 1.807) is 0 Å². The van der Waals surface area contributed by atoms with Crippen LogP contribution in [0.5, 0.6) is 0 Å². The molecule has 0 atom stereocenters. The van der Waals surface area contributed by atoms with Crippen molar-refractivity contribution in [2.75, 3.05) is 0 Å². The average Bonchev–Trinajstić information content (AvgIpc) is 3.68. The molecule has 0 amide bonds. The molecular weight excluding hydrogens is 585 g/mol. The zero-order valence-electron chi connectivity index (χ0n) is 25.8. The van der Waals surface area contributed by atoms with Crippen molar-refractivity contribution in [3.8, 4) is 39.7 Å². The summed E-state index contributed by atoms with van der Waals surface area (Å²) in [7, 11) is 0. The second kappa shape index (κ2) is 10.9. The zero-order valence-corrected chi connectivity index (χ0v) is 25.8. The van der Waals surface area contributed by atoms with E-state index >= 15 is 0 Å². The molecule has 0 fully saturated rings. The molecule has 222 valence electrons. The third-order valence-corrected chi connectivity index (χ3v) is 9.37. The van der Waals surface area contributed by atoms with Gasteiger partial charge in [-0.2, -0.15) is 5.26 Å². The molecule has 48 heavy (non-hydrogen) atoms. The van der Waals surface area contributed by atoms with Gasteiger partial charge in [-0.25, -0.2) is 4.85 Å². The molecule has 0 bridgehead atoms. The Kier molecular flexibility index (Phi) is 6.22. The van der Waals surface area contributed by atoms with Crippen LogP contribution in [0.15, 0.2) is 158 Å². The molecule has 0 saturated heterocycles. The van der Waals surface area contributed by atoms with Crippen molar-refractivity contribution in [1.82, 2.24) is 9.13 Å². The van der Waals surface area contributed by atoms with Gasteiger partial charge in [-0.05, 0) is 70.6 Å². The van der Waals surface area contributed by atoms with Crippen molar-refractivity contribution >= 4 is 49.3 Å². The van der Waals surface area contributed by atoms with Crippen molar-refractivity contribution in [2.24, 2.45) is 0 Å². The number of benzene rings is 7. The van der Waals surface area contributed by atoms with E-state index in [0.29, 0.717) is 11.3 Å². The fraction of sp³-hybridized carbons (Fsp3) is 0. The summed E-state index contributed by atoms with van der Waals surface area (Å²) in [6.07, 6.45) is 0. The van der Waals surface area contributed by atoms with E-state index in [9.17, 15) is 5.26 Å². The summed E-state index contributed by atoms with van der Waals surface area (Å²) in [6, 6.07) is 56.6. The Bertz CT molecular complexity index is 2760. The van der Waals surface area contributed by atoms with Crippen LogP contribution in [0.1, 0.15) is 5.56 Å². The highest BCUT2D eigenvalue weighted by Crippen LogP contribution is 2.42. The molecular formula is C44H26N4. The lowest BCUT2D eigenvalue weighted by atomic mass is 9.94. The van der Waals surface area contributed by atoms with Gasteiger partial charge in [0.2, 0.25) is 5.69 Å². The SMILES string of the molecule is [C-]#[N+]c1cccc2c3ccccc3n(-c3cccc(C#N)c3-c3cccc(-c4cccc(-n5c6ccccc6c6ccccc65)c4)c3)c12. The highest BCUT2D eigenvalue weighted by molar-refractivity contribution is 6.14. The number of fused-ring (bicyclic) bond motifs is 6. The third-order valence-electron chi connectivity index (χ3n) is 9.37. The molecule has 0 N–H and O–H groups in total. The molecule has 0 aliphatic rings. The van der Waals surface area contributed by atoms with Crippen LogP contribution in [-0.2, 0) is 0 Å². The Morgan fingerprint density at radius 1 is 0.500 bits per heavy atom.